The average Bonchev–Trinajstić information content (AvgIpc) is 3.07. The van der Waals surface area contributed by atoms with Crippen LogP contribution in [0.25, 0.3) is 11.0 Å². The Balaban J connectivity index is 0.00000261. The molecule has 11 heteroatoms. The number of nitrogens with two attached hydrogens (primary N) is 1. The molecule has 2 N–H and O–H groups in total. The molecule has 0 atom stereocenters. The summed E-state index contributed by atoms with van der Waals surface area (Å²) >= 11 is 2.38. The van der Waals surface area contributed by atoms with Crippen molar-refractivity contribution in [1.29, 1.82) is 0 Å². The van der Waals surface area contributed by atoms with Crippen LogP contribution in [0.3, 0.4) is 0 Å². The second-order valence-electron chi connectivity index (χ2n) is 5.35. The van der Waals surface area contributed by atoms with E-state index in [1.54, 1.807) is 19.1 Å². The summed E-state index contributed by atoms with van der Waals surface area (Å²) in [6, 6.07) is 4.45. The quantitative estimate of drug-likeness (QED) is 0.367. The standard InChI is InChI=1S/C16H13F3N4OS2.ClH/c1-8-22-14-11(4-9(6-21-14)16(17,18)19)15(23-8)25-7-12(24)13-3-2-10(5-20)26-13;/h2-4,6H,5,7,20H2,1H3;1H. The van der Waals surface area contributed by atoms with Gasteiger partial charge in [-0.05, 0) is 25.1 Å². The predicted molar refractivity (Wildman–Crippen MR) is 102 cm³/mol. The molecule has 144 valence electrons. The van der Waals surface area contributed by atoms with Gasteiger partial charge in [0.2, 0.25) is 0 Å². The molecule has 0 bridgehead atoms. The fourth-order valence-corrected chi connectivity index (χ4v) is 4.04. The number of fused-ring (bicyclic) bond motifs is 1. The maximum atomic E-state index is 12.9. The van der Waals surface area contributed by atoms with E-state index in [9.17, 15) is 18.0 Å². The smallest absolute Gasteiger partial charge is 0.326 e. The number of aryl methyl sites for hydroxylation is 1. The number of carbonyl (C=O) groups excluding carboxylic acids is 1. The van der Waals surface area contributed by atoms with E-state index in [4.69, 9.17) is 5.73 Å². The lowest BCUT2D eigenvalue weighted by Crippen LogP contribution is -2.07. The molecule has 0 radical (unpaired) electrons. The van der Waals surface area contributed by atoms with Gasteiger partial charge in [-0.25, -0.2) is 15.0 Å². The Morgan fingerprint density at radius 2 is 2.04 bits per heavy atom. The molecule has 0 fully saturated rings. The van der Waals surface area contributed by atoms with E-state index in [1.165, 1.54) is 11.3 Å². The number of ketones is 1. The third kappa shape index (κ3) is 4.95. The minimum absolute atomic E-state index is 0. The maximum Gasteiger partial charge on any atom is 0.417 e. The third-order valence-electron chi connectivity index (χ3n) is 3.43. The van der Waals surface area contributed by atoms with E-state index in [1.807, 2.05) is 0 Å². The fourth-order valence-electron chi connectivity index (χ4n) is 2.20. The van der Waals surface area contributed by atoms with Crippen molar-refractivity contribution in [1.82, 2.24) is 15.0 Å². The van der Waals surface area contributed by atoms with Gasteiger partial charge in [0.25, 0.3) is 0 Å². The van der Waals surface area contributed by atoms with E-state index in [2.05, 4.69) is 15.0 Å². The molecule has 0 saturated heterocycles. The van der Waals surface area contributed by atoms with Crippen LogP contribution in [0.15, 0.2) is 29.4 Å². The Kier molecular flexibility index (Phi) is 6.79. The summed E-state index contributed by atoms with van der Waals surface area (Å²) in [4.78, 5) is 25.8. The van der Waals surface area contributed by atoms with E-state index in [-0.39, 0.29) is 35.0 Å². The van der Waals surface area contributed by atoms with Crippen LogP contribution in [0.2, 0.25) is 0 Å². The minimum atomic E-state index is -4.51. The summed E-state index contributed by atoms with van der Waals surface area (Å²) in [6.45, 7) is 1.98. The number of pyridine rings is 1. The van der Waals surface area contributed by atoms with Crippen molar-refractivity contribution in [3.8, 4) is 0 Å². The molecule has 0 spiro atoms. The highest BCUT2D eigenvalue weighted by Crippen LogP contribution is 2.33. The van der Waals surface area contributed by atoms with Crippen LogP contribution >= 0.6 is 35.5 Å². The second kappa shape index (κ2) is 8.51. The van der Waals surface area contributed by atoms with Crippen molar-refractivity contribution in [2.75, 3.05) is 5.75 Å². The highest BCUT2D eigenvalue weighted by molar-refractivity contribution is 8.00. The summed E-state index contributed by atoms with van der Waals surface area (Å²) in [5.41, 5.74) is 4.82. The van der Waals surface area contributed by atoms with Crippen LogP contribution in [0, 0.1) is 6.92 Å². The van der Waals surface area contributed by atoms with Crippen LogP contribution in [-0.4, -0.2) is 26.5 Å². The van der Waals surface area contributed by atoms with Gasteiger partial charge in [0.15, 0.2) is 11.4 Å². The molecule has 3 rings (SSSR count). The first-order chi connectivity index (χ1) is 12.3. The lowest BCUT2D eigenvalue weighted by molar-refractivity contribution is -0.137. The van der Waals surface area contributed by atoms with Crippen molar-refractivity contribution in [2.45, 2.75) is 24.7 Å². The Labute approximate surface area is 167 Å². The monoisotopic (exact) mass is 434 g/mol. The largest absolute Gasteiger partial charge is 0.417 e. The van der Waals surface area contributed by atoms with Gasteiger partial charge in [-0.2, -0.15) is 13.2 Å². The molecule has 3 heterocycles. The first-order valence-electron chi connectivity index (χ1n) is 7.44. The lowest BCUT2D eigenvalue weighted by Gasteiger charge is -2.09. The molecule has 0 aliphatic rings. The Morgan fingerprint density at radius 1 is 1.30 bits per heavy atom. The minimum Gasteiger partial charge on any atom is -0.326 e. The summed E-state index contributed by atoms with van der Waals surface area (Å²) < 4.78 is 38.8. The highest BCUT2D eigenvalue weighted by Gasteiger charge is 2.31. The number of rotatable bonds is 5. The van der Waals surface area contributed by atoms with E-state index in [0.29, 0.717) is 22.3 Å². The predicted octanol–water partition coefficient (Wildman–Crippen LogP) is 4.27. The summed E-state index contributed by atoms with van der Waals surface area (Å²) in [6.07, 6.45) is -3.77. The van der Waals surface area contributed by atoms with Gasteiger partial charge in [0.05, 0.1) is 21.6 Å². The van der Waals surface area contributed by atoms with Gasteiger partial charge in [-0.15, -0.1) is 23.7 Å². The second-order valence-corrected chi connectivity index (χ2v) is 7.48. The first kappa shape index (κ1) is 21.5. The third-order valence-corrected chi connectivity index (χ3v) is 5.57. The van der Waals surface area contributed by atoms with Gasteiger partial charge in [-0.1, -0.05) is 11.8 Å². The molecule has 27 heavy (non-hydrogen) atoms. The molecule has 0 aliphatic carbocycles. The van der Waals surface area contributed by atoms with Crippen LogP contribution in [-0.2, 0) is 12.7 Å². The topological polar surface area (TPSA) is 81.8 Å². The number of hydrogen-bond acceptors (Lipinski definition) is 7. The Hall–Kier alpha value is -1.75. The molecule has 0 saturated carbocycles. The van der Waals surface area contributed by atoms with E-state index < -0.39 is 11.7 Å². The van der Waals surface area contributed by atoms with Crippen LogP contribution < -0.4 is 5.73 Å². The number of thioether (sulfide) groups is 1. The van der Waals surface area contributed by atoms with Crippen LogP contribution in [0.4, 0.5) is 13.2 Å². The van der Waals surface area contributed by atoms with Gasteiger partial charge >= 0.3 is 6.18 Å². The zero-order chi connectivity index (χ0) is 18.9. The summed E-state index contributed by atoms with van der Waals surface area (Å²) in [7, 11) is 0. The molecule has 0 amide bonds. The van der Waals surface area contributed by atoms with E-state index in [0.717, 1.165) is 28.9 Å². The maximum absolute atomic E-state index is 12.9. The van der Waals surface area contributed by atoms with Crippen molar-refractivity contribution in [3.63, 3.8) is 0 Å². The molecule has 5 nitrogen and oxygen atoms in total. The molecule has 3 aromatic heterocycles. The average molecular weight is 435 g/mol. The number of aromatic nitrogens is 3. The van der Waals surface area contributed by atoms with Crippen molar-refractivity contribution in [2.24, 2.45) is 5.73 Å². The molecule has 0 unspecified atom stereocenters. The van der Waals surface area contributed by atoms with Crippen molar-refractivity contribution >= 4 is 52.3 Å². The number of carbonyl (C=O) groups is 1. The van der Waals surface area contributed by atoms with Crippen LogP contribution in [0.5, 0.6) is 0 Å². The van der Waals surface area contributed by atoms with Gasteiger partial charge in [-0.3, -0.25) is 4.79 Å². The van der Waals surface area contributed by atoms with Gasteiger partial charge < -0.3 is 5.73 Å². The molecule has 3 aromatic rings. The number of alkyl halides is 3. The number of halogens is 4. The number of thiophene rings is 1. The Morgan fingerprint density at radius 3 is 2.67 bits per heavy atom. The number of hydrogen-bond donors (Lipinski definition) is 1. The number of nitrogens with zero attached hydrogens (tertiary/aromatic N) is 3. The zero-order valence-corrected chi connectivity index (χ0v) is 16.4. The number of Topliss-reactive ketones (excluding diaryl/α,β-unsaturated/α-hetero) is 1. The summed E-state index contributed by atoms with van der Waals surface area (Å²) in [5, 5.41) is 0.479. The lowest BCUT2D eigenvalue weighted by atomic mass is 10.2. The summed E-state index contributed by atoms with van der Waals surface area (Å²) in [5.74, 6) is 0.289. The fraction of sp³-hybridized carbons (Fsp3) is 0.250. The molecule has 0 aliphatic heterocycles. The van der Waals surface area contributed by atoms with Crippen molar-refractivity contribution in [3.05, 3.63) is 45.5 Å². The SMILES string of the molecule is Cc1nc(SCC(=O)c2ccc(CN)s2)c2cc(C(F)(F)F)cnc2n1.Cl. The molecular weight excluding hydrogens is 421 g/mol. The molecule has 0 aromatic carbocycles. The van der Waals surface area contributed by atoms with Gasteiger partial charge in [0, 0.05) is 17.6 Å². The molecular formula is C16H14ClF3N4OS2. The zero-order valence-electron chi connectivity index (χ0n) is 13.9. The van der Waals surface area contributed by atoms with Crippen LogP contribution in [0.1, 0.15) is 25.9 Å². The Bertz CT molecular complexity index is 978. The normalized spacial score (nSPS) is 11.4. The van der Waals surface area contributed by atoms with E-state index >= 15 is 0 Å². The van der Waals surface area contributed by atoms with Crippen molar-refractivity contribution < 1.29 is 18.0 Å². The van der Waals surface area contributed by atoms with Gasteiger partial charge in [0.1, 0.15) is 10.9 Å². The first-order valence-corrected chi connectivity index (χ1v) is 9.24. The highest BCUT2D eigenvalue weighted by atomic mass is 35.5.